The highest BCUT2D eigenvalue weighted by Crippen LogP contribution is 2.25. The fourth-order valence-corrected chi connectivity index (χ4v) is 2.53. The number of amides is 1. The van der Waals surface area contributed by atoms with Crippen LogP contribution in [-0.4, -0.2) is 16.0 Å². The summed E-state index contributed by atoms with van der Waals surface area (Å²) in [5.74, 6) is 0.0510. The number of rotatable bonds is 5. The third kappa shape index (κ3) is 5.58. The van der Waals surface area contributed by atoms with Gasteiger partial charge in [0.15, 0.2) is 5.11 Å². The number of hydrogen-bond donors (Lipinski definition) is 2. The molecule has 0 aliphatic heterocycles. The molecule has 0 spiro atoms. The van der Waals surface area contributed by atoms with Crippen molar-refractivity contribution in [1.29, 1.82) is 0 Å². The molecule has 0 saturated carbocycles. The molecule has 0 fully saturated rings. The molecular formula is C20H16FN3O2S. The third-order valence-electron chi connectivity index (χ3n) is 3.53. The molecule has 2 aromatic carbocycles. The summed E-state index contributed by atoms with van der Waals surface area (Å²) in [5, 5.41) is 5.24. The van der Waals surface area contributed by atoms with Crippen molar-refractivity contribution in [3.63, 3.8) is 0 Å². The van der Waals surface area contributed by atoms with E-state index in [-0.39, 0.29) is 23.1 Å². The topological polar surface area (TPSA) is 63.2 Å². The molecule has 1 amide bonds. The Balaban J connectivity index is 1.56. The number of ether oxygens (including phenoxy) is 1. The van der Waals surface area contributed by atoms with Crippen LogP contribution in [0.15, 0.2) is 73.1 Å². The van der Waals surface area contributed by atoms with E-state index in [1.54, 1.807) is 30.6 Å². The Hall–Kier alpha value is -3.32. The van der Waals surface area contributed by atoms with Crippen LogP contribution in [-0.2, 0) is 11.2 Å². The van der Waals surface area contributed by atoms with E-state index in [1.807, 2.05) is 30.3 Å². The predicted octanol–water partition coefficient (Wildman–Crippen LogP) is 4.07. The molecule has 27 heavy (non-hydrogen) atoms. The molecule has 0 unspecified atom stereocenters. The highest BCUT2D eigenvalue weighted by Gasteiger charge is 2.10. The van der Waals surface area contributed by atoms with Gasteiger partial charge in [0.05, 0.1) is 12.1 Å². The standard InChI is InChI=1S/C20H16FN3O2S/c21-17-13-16(26-15-8-10-22-11-9-15)6-7-18(17)23-20(27)24-19(25)12-14-4-2-1-3-5-14/h1-11,13H,12H2,(H2,23,24,25,27). The lowest BCUT2D eigenvalue weighted by Crippen LogP contribution is -2.35. The Bertz CT molecular complexity index is 936. The highest BCUT2D eigenvalue weighted by atomic mass is 32.1. The number of benzene rings is 2. The Kier molecular flexibility index (Phi) is 6.06. The van der Waals surface area contributed by atoms with Crippen molar-refractivity contribution < 1.29 is 13.9 Å². The van der Waals surface area contributed by atoms with E-state index in [0.717, 1.165) is 5.56 Å². The van der Waals surface area contributed by atoms with E-state index in [2.05, 4.69) is 15.6 Å². The molecule has 3 rings (SSSR count). The molecule has 0 radical (unpaired) electrons. The summed E-state index contributed by atoms with van der Waals surface area (Å²) in [6, 6.07) is 16.9. The van der Waals surface area contributed by atoms with Crippen molar-refractivity contribution in [1.82, 2.24) is 10.3 Å². The summed E-state index contributed by atoms with van der Waals surface area (Å²) in [4.78, 5) is 15.9. The van der Waals surface area contributed by atoms with Gasteiger partial charge in [-0.25, -0.2) is 4.39 Å². The fourth-order valence-electron chi connectivity index (χ4n) is 2.31. The van der Waals surface area contributed by atoms with Gasteiger partial charge in [0.1, 0.15) is 17.3 Å². The molecule has 5 nitrogen and oxygen atoms in total. The van der Waals surface area contributed by atoms with Crippen molar-refractivity contribution in [3.05, 3.63) is 84.4 Å². The Labute approximate surface area is 161 Å². The van der Waals surface area contributed by atoms with Crippen molar-refractivity contribution in [2.75, 3.05) is 5.32 Å². The van der Waals surface area contributed by atoms with Gasteiger partial charge in [-0.3, -0.25) is 9.78 Å². The maximum Gasteiger partial charge on any atom is 0.230 e. The second-order valence-electron chi connectivity index (χ2n) is 5.59. The second-order valence-corrected chi connectivity index (χ2v) is 6.00. The van der Waals surface area contributed by atoms with Gasteiger partial charge in [-0.1, -0.05) is 30.3 Å². The second kappa shape index (κ2) is 8.86. The molecule has 2 N–H and O–H groups in total. The minimum atomic E-state index is -0.554. The molecule has 0 saturated heterocycles. The normalized spacial score (nSPS) is 10.1. The third-order valence-corrected chi connectivity index (χ3v) is 3.74. The highest BCUT2D eigenvalue weighted by molar-refractivity contribution is 7.80. The molecule has 0 atom stereocenters. The molecule has 7 heteroatoms. The minimum Gasteiger partial charge on any atom is -0.457 e. The summed E-state index contributed by atoms with van der Waals surface area (Å²) >= 11 is 5.08. The molecule has 0 aliphatic rings. The van der Waals surface area contributed by atoms with E-state index >= 15 is 0 Å². The van der Waals surface area contributed by atoms with Gasteiger partial charge < -0.3 is 15.4 Å². The van der Waals surface area contributed by atoms with Crippen molar-refractivity contribution in [2.45, 2.75) is 6.42 Å². The molecule has 136 valence electrons. The lowest BCUT2D eigenvalue weighted by Gasteiger charge is -2.12. The first-order chi connectivity index (χ1) is 13.1. The van der Waals surface area contributed by atoms with Crippen LogP contribution in [0, 0.1) is 5.82 Å². The van der Waals surface area contributed by atoms with Crippen LogP contribution in [0.25, 0.3) is 0 Å². The van der Waals surface area contributed by atoms with Crippen LogP contribution in [0.1, 0.15) is 5.56 Å². The fraction of sp³-hybridized carbons (Fsp3) is 0.0500. The molecule has 1 aromatic heterocycles. The van der Waals surface area contributed by atoms with Crippen molar-refractivity contribution in [2.24, 2.45) is 0 Å². The van der Waals surface area contributed by atoms with Crippen LogP contribution in [0.5, 0.6) is 11.5 Å². The summed E-state index contributed by atoms with van der Waals surface area (Å²) in [6.07, 6.45) is 3.35. The lowest BCUT2D eigenvalue weighted by atomic mass is 10.1. The number of pyridine rings is 1. The van der Waals surface area contributed by atoms with Gasteiger partial charge >= 0.3 is 0 Å². The van der Waals surface area contributed by atoms with Gasteiger partial charge in [-0.2, -0.15) is 0 Å². The summed E-state index contributed by atoms with van der Waals surface area (Å²) in [6.45, 7) is 0. The first-order valence-corrected chi connectivity index (χ1v) is 8.53. The number of hydrogen-bond acceptors (Lipinski definition) is 4. The average molecular weight is 381 g/mol. The summed E-state index contributed by atoms with van der Waals surface area (Å²) in [5.41, 5.74) is 1.00. The summed E-state index contributed by atoms with van der Waals surface area (Å²) in [7, 11) is 0. The number of carbonyl (C=O) groups excluding carboxylic acids is 1. The van der Waals surface area contributed by atoms with Crippen LogP contribution >= 0.6 is 12.2 Å². The Morgan fingerprint density at radius 1 is 1.04 bits per heavy atom. The zero-order valence-electron chi connectivity index (χ0n) is 14.2. The number of nitrogens with zero attached hydrogens (tertiary/aromatic N) is 1. The number of carbonyl (C=O) groups is 1. The molecule has 0 bridgehead atoms. The molecule has 0 aliphatic carbocycles. The van der Waals surface area contributed by atoms with Gasteiger partial charge in [0.25, 0.3) is 0 Å². The SMILES string of the molecule is O=C(Cc1ccccc1)NC(=S)Nc1ccc(Oc2ccncc2)cc1F. The van der Waals surface area contributed by atoms with Crippen molar-refractivity contribution in [3.8, 4) is 11.5 Å². The zero-order chi connectivity index (χ0) is 19.1. The zero-order valence-corrected chi connectivity index (χ0v) is 15.0. The van der Waals surface area contributed by atoms with Gasteiger partial charge in [-0.15, -0.1) is 0 Å². The Morgan fingerprint density at radius 3 is 2.48 bits per heavy atom. The quantitative estimate of drug-likeness (QED) is 0.653. The number of anilines is 1. The van der Waals surface area contributed by atoms with Crippen LogP contribution < -0.4 is 15.4 Å². The number of thiocarbonyl (C=S) groups is 1. The van der Waals surface area contributed by atoms with Crippen LogP contribution in [0.2, 0.25) is 0 Å². The number of aromatic nitrogens is 1. The van der Waals surface area contributed by atoms with E-state index in [0.29, 0.717) is 11.5 Å². The maximum absolute atomic E-state index is 14.3. The van der Waals surface area contributed by atoms with Gasteiger partial charge in [0.2, 0.25) is 5.91 Å². The number of nitrogens with one attached hydrogen (secondary N) is 2. The molecule has 3 aromatic rings. The lowest BCUT2D eigenvalue weighted by molar-refractivity contribution is -0.119. The largest absolute Gasteiger partial charge is 0.457 e. The molecule has 1 heterocycles. The predicted molar refractivity (Wildman–Crippen MR) is 105 cm³/mol. The minimum absolute atomic E-state index is 0.0256. The smallest absolute Gasteiger partial charge is 0.230 e. The van der Waals surface area contributed by atoms with E-state index in [4.69, 9.17) is 17.0 Å². The number of halogens is 1. The van der Waals surface area contributed by atoms with E-state index in [1.165, 1.54) is 12.1 Å². The Morgan fingerprint density at radius 2 is 1.78 bits per heavy atom. The van der Waals surface area contributed by atoms with Gasteiger partial charge in [0, 0.05) is 18.5 Å². The maximum atomic E-state index is 14.3. The van der Waals surface area contributed by atoms with Crippen LogP contribution in [0.4, 0.5) is 10.1 Å². The van der Waals surface area contributed by atoms with Crippen molar-refractivity contribution >= 4 is 28.9 Å². The van der Waals surface area contributed by atoms with Crippen LogP contribution in [0.3, 0.4) is 0 Å². The molecular weight excluding hydrogens is 365 g/mol. The van der Waals surface area contributed by atoms with Gasteiger partial charge in [-0.05, 0) is 42.0 Å². The first-order valence-electron chi connectivity index (χ1n) is 8.12. The summed E-state index contributed by atoms with van der Waals surface area (Å²) < 4.78 is 19.8. The average Bonchev–Trinajstić information content (AvgIpc) is 2.65. The monoisotopic (exact) mass is 381 g/mol. The first kappa shape index (κ1) is 18.5. The van der Waals surface area contributed by atoms with E-state index < -0.39 is 5.82 Å². The van der Waals surface area contributed by atoms with E-state index in [9.17, 15) is 9.18 Å².